The van der Waals surface area contributed by atoms with E-state index in [4.69, 9.17) is 4.74 Å². The predicted molar refractivity (Wildman–Crippen MR) is 123 cm³/mol. The maximum atomic E-state index is 12.6. The molecule has 0 unspecified atom stereocenters. The summed E-state index contributed by atoms with van der Waals surface area (Å²) in [5, 5.41) is 3.47. The van der Waals surface area contributed by atoms with E-state index in [0.717, 1.165) is 16.9 Å². The van der Waals surface area contributed by atoms with Crippen LogP contribution in [-0.4, -0.2) is 22.0 Å². The zero-order chi connectivity index (χ0) is 21.8. The first-order valence-electron chi connectivity index (χ1n) is 10.0. The van der Waals surface area contributed by atoms with E-state index in [1.54, 1.807) is 14.0 Å². The fraction of sp³-hybridized carbons (Fsp3) is 0.208. The summed E-state index contributed by atoms with van der Waals surface area (Å²) in [7, 11) is 1.66. The molecule has 1 amide bonds. The van der Waals surface area contributed by atoms with Gasteiger partial charge in [-0.2, -0.15) is 0 Å². The van der Waals surface area contributed by atoms with Crippen LogP contribution in [0.25, 0.3) is 10.2 Å². The Morgan fingerprint density at radius 3 is 2.58 bits per heavy atom. The minimum Gasteiger partial charge on any atom is -0.489 e. The molecular formula is C24H23N3O3S. The molecule has 2 aromatic heterocycles. The molecule has 0 aliphatic rings. The third kappa shape index (κ3) is 4.67. The summed E-state index contributed by atoms with van der Waals surface area (Å²) in [5.41, 5.74) is 2.79. The van der Waals surface area contributed by atoms with Gasteiger partial charge in [0.1, 0.15) is 17.2 Å². The average molecular weight is 434 g/mol. The normalized spacial score (nSPS) is 10.9. The highest BCUT2D eigenvalue weighted by Crippen LogP contribution is 2.26. The van der Waals surface area contributed by atoms with Crippen molar-refractivity contribution in [2.24, 2.45) is 7.05 Å². The molecule has 0 saturated carbocycles. The molecule has 158 valence electrons. The van der Waals surface area contributed by atoms with E-state index in [1.807, 2.05) is 54.6 Å². The monoisotopic (exact) mass is 433 g/mol. The Kier molecular flexibility index (Phi) is 6.13. The fourth-order valence-electron chi connectivity index (χ4n) is 3.32. The standard InChI is InChI=1S/C24H23N3O3S/c1-16-20-23(26-15-27(2)24(20)29)31-21(16)22(28)25-13-12-17-8-10-19(11-9-17)30-14-18-6-4-3-5-7-18/h3-11,15H,12-14H2,1-2H3,(H,25,28). The van der Waals surface area contributed by atoms with Crippen LogP contribution in [0.5, 0.6) is 5.75 Å². The number of carbonyl (C=O) groups is 1. The van der Waals surface area contributed by atoms with Gasteiger partial charge in [0.2, 0.25) is 0 Å². The van der Waals surface area contributed by atoms with Crippen LogP contribution in [0.2, 0.25) is 0 Å². The number of hydrogen-bond donors (Lipinski definition) is 1. The van der Waals surface area contributed by atoms with E-state index in [0.29, 0.717) is 40.2 Å². The number of nitrogens with one attached hydrogen (secondary N) is 1. The Morgan fingerprint density at radius 2 is 1.84 bits per heavy atom. The number of fused-ring (bicyclic) bond motifs is 1. The number of aryl methyl sites for hydroxylation is 2. The van der Waals surface area contributed by atoms with Crippen LogP contribution < -0.4 is 15.6 Å². The first kappa shape index (κ1) is 20.8. The lowest BCUT2D eigenvalue weighted by atomic mass is 10.1. The Labute approximate surface area is 184 Å². The lowest BCUT2D eigenvalue weighted by Gasteiger charge is -2.08. The molecular weight excluding hydrogens is 410 g/mol. The topological polar surface area (TPSA) is 73.2 Å². The highest BCUT2D eigenvalue weighted by molar-refractivity contribution is 7.20. The molecule has 4 aromatic rings. The number of nitrogens with zero attached hydrogens (tertiary/aromatic N) is 2. The molecule has 7 heteroatoms. The quantitative estimate of drug-likeness (QED) is 0.480. The molecule has 0 spiro atoms. The first-order valence-corrected chi connectivity index (χ1v) is 10.8. The van der Waals surface area contributed by atoms with Crippen molar-refractivity contribution in [1.29, 1.82) is 0 Å². The van der Waals surface area contributed by atoms with Crippen molar-refractivity contribution < 1.29 is 9.53 Å². The molecule has 0 atom stereocenters. The third-order valence-electron chi connectivity index (χ3n) is 5.09. The molecule has 2 aromatic carbocycles. The fourth-order valence-corrected chi connectivity index (χ4v) is 4.38. The van der Waals surface area contributed by atoms with E-state index in [2.05, 4.69) is 10.3 Å². The van der Waals surface area contributed by atoms with Crippen molar-refractivity contribution in [2.45, 2.75) is 20.0 Å². The average Bonchev–Trinajstić information content (AvgIpc) is 3.13. The van der Waals surface area contributed by atoms with E-state index in [9.17, 15) is 9.59 Å². The van der Waals surface area contributed by atoms with Crippen LogP contribution in [0.1, 0.15) is 26.4 Å². The highest BCUT2D eigenvalue weighted by atomic mass is 32.1. The summed E-state index contributed by atoms with van der Waals surface area (Å²) < 4.78 is 7.23. The van der Waals surface area contributed by atoms with Crippen LogP contribution in [0.4, 0.5) is 0 Å². The van der Waals surface area contributed by atoms with Crippen LogP contribution in [-0.2, 0) is 20.1 Å². The second-order valence-electron chi connectivity index (χ2n) is 7.32. The van der Waals surface area contributed by atoms with E-state index in [1.165, 1.54) is 22.2 Å². The van der Waals surface area contributed by atoms with E-state index >= 15 is 0 Å². The van der Waals surface area contributed by atoms with E-state index in [-0.39, 0.29) is 11.5 Å². The van der Waals surface area contributed by atoms with Gasteiger partial charge in [0.25, 0.3) is 11.5 Å². The van der Waals surface area contributed by atoms with Crippen molar-refractivity contribution in [3.63, 3.8) is 0 Å². The van der Waals surface area contributed by atoms with Crippen LogP contribution in [0, 0.1) is 6.92 Å². The summed E-state index contributed by atoms with van der Waals surface area (Å²) in [6.07, 6.45) is 2.18. The zero-order valence-corrected chi connectivity index (χ0v) is 18.2. The molecule has 1 N–H and O–H groups in total. The summed E-state index contributed by atoms with van der Waals surface area (Å²) in [4.78, 5) is 30.4. The largest absolute Gasteiger partial charge is 0.489 e. The van der Waals surface area contributed by atoms with Gasteiger partial charge < -0.3 is 14.6 Å². The number of benzene rings is 2. The van der Waals surface area contributed by atoms with E-state index < -0.39 is 0 Å². The molecule has 0 saturated heterocycles. The van der Waals surface area contributed by atoms with Gasteiger partial charge in [-0.15, -0.1) is 11.3 Å². The summed E-state index contributed by atoms with van der Waals surface area (Å²) in [6, 6.07) is 17.9. The van der Waals surface area contributed by atoms with Crippen molar-refractivity contribution in [3.8, 4) is 5.75 Å². The van der Waals surface area contributed by atoms with Gasteiger partial charge in [-0.25, -0.2) is 4.98 Å². The summed E-state index contributed by atoms with van der Waals surface area (Å²) in [6.45, 7) is 2.83. The molecule has 6 nitrogen and oxygen atoms in total. The van der Waals surface area contributed by atoms with Crippen molar-refractivity contribution >= 4 is 27.5 Å². The van der Waals surface area contributed by atoms with Gasteiger partial charge in [0, 0.05) is 13.6 Å². The highest BCUT2D eigenvalue weighted by Gasteiger charge is 2.18. The molecule has 0 bridgehead atoms. The number of hydrogen-bond acceptors (Lipinski definition) is 5. The van der Waals surface area contributed by atoms with Gasteiger partial charge in [0.05, 0.1) is 16.6 Å². The van der Waals surface area contributed by atoms with Gasteiger partial charge in [-0.1, -0.05) is 42.5 Å². The summed E-state index contributed by atoms with van der Waals surface area (Å²) >= 11 is 1.25. The second kappa shape index (κ2) is 9.14. The minimum absolute atomic E-state index is 0.132. The Bertz CT molecular complexity index is 1260. The van der Waals surface area contributed by atoms with Crippen LogP contribution in [0.3, 0.4) is 0 Å². The van der Waals surface area contributed by atoms with Crippen molar-refractivity contribution in [2.75, 3.05) is 6.54 Å². The Balaban J connectivity index is 1.32. The van der Waals surface area contributed by atoms with Gasteiger partial charge in [0.15, 0.2) is 0 Å². The lowest BCUT2D eigenvalue weighted by Crippen LogP contribution is -2.25. The number of aromatic nitrogens is 2. The third-order valence-corrected chi connectivity index (χ3v) is 6.29. The Morgan fingerprint density at radius 1 is 1.10 bits per heavy atom. The Hall–Kier alpha value is -3.45. The van der Waals surface area contributed by atoms with Crippen molar-refractivity contribution in [3.05, 3.63) is 92.8 Å². The molecule has 0 fully saturated rings. The molecule has 0 aliphatic carbocycles. The molecule has 0 radical (unpaired) electrons. The molecule has 31 heavy (non-hydrogen) atoms. The van der Waals surface area contributed by atoms with Gasteiger partial charge >= 0.3 is 0 Å². The first-order chi connectivity index (χ1) is 15.0. The number of rotatable bonds is 7. The molecule has 4 rings (SSSR count). The summed E-state index contributed by atoms with van der Waals surface area (Å²) in [5.74, 6) is 0.636. The number of thiophene rings is 1. The molecule has 0 aliphatic heterocycles. The van der Waals surface area contributed by atoms with Crippen LogP contribution >= 0.6 is 11.3 Å². The zero-order valence-electron chi connectivity index (χ0n) is 17.4. The minimum atomic E-state index is -0.176. The maximum absolute atomic E-state index is 12.6. The van der Waals surface area contributed by atoms with Crippen molar-refractivity contribution in [1.82, 2.24) is 14.9 Å². The lowest BCUT2D eigenvalue weighted by molar-refractivity contribution is 0.0957. The second-order valence-corrected chi connectivity index (χ2v) is 8.32. The maximum Gasteiger partial charge on any atom is 0.262 e. The SMILES string of the molecule is Cc1c(C(=O)NCCc2ccc(OCc3ccccc3)cc2)sc2ncn(C)c(=O)c12. The number of amides is 1. The predicted octanol–water partition coefficient (Wildman–Crippen LogP) is 3.85. The smallest absolute Gasteiger partial charge is 0.262 e. The van der Waals surface area contributed by atoms with Crippen LogP contribution in [0.15, 0.2) is 65.7 Å². The van der Waals surface area contributed by atoms with Gasteiger partial charge in [-0.05, 0) is 42.2 Å². The molecule has 2 heterocycles. The number of carbonyl (C=O) groups excluding carboxylic acids is 1. The van der Waals surface area contributed by atoms with Gasteiger partial charge in [-0.3, -0.25) is 9.59 Å². The number of ether oxygens (including phenoxy) is 1.